The van der Waals surface area contributed by atoms with Crippen LogP contribution in [0.5, 0.6) is 0 Å². The maximum Gasteiger partial charge on any atom is 0.305 e. The number of methoxy groups -OCH3 is 3. The number of fused-ring (bicyclic) bond motifs is 8. The van der Waals surface area contributed by atoms with Crippen LogP contribution in [0.4, 0.5) is 0 Å². The van der Waals surface area contributed by atoms with Crippen LogP contribution in [0, 0.1) is 13.8 Å². The van der Waals surface area contributed by atoms with Gasteiger partial charge in [-0.15, -0.1) is 0 Å². The second-order valence-corrected chi connectivity index (χ2v) is 12.2. The molecule has 2 N–H and O–H groups in total. The van der Waals surface area contributed by atoms with Crippen LogP contribution in [0.3, 0.4) is 0 Å². The number of rotatable bonds is 10. The lowest BCUT2D eigenvalue weighted by atomic mass is 9.98. The van der Waals surface area contributed by atoms with E-state index in [-0.39, 0.29) is 37.2 Å². The van der Waals surface area contributed by atoms with Crippen LogP contribution >= 0.6 is 0 Å². The van der Waals surface area contributed by atoms with Gasteiger partial charge in [0.2, 0.25) is 0 Å². The molecule has 0 aliphatic carbocycles. The Morgan fingerprint density at radius 3 is 1.50 bits per heavy atom. The monoisotopic (exact) mass is 652 g/mol. The number of allylic oxidation sites excluding steroid dienone is 4. The van der Waals surface area contributed by atoms with Gasteiger partial charge in [-0.2, -0.15) is 0 Å². The number of H-pyrrole nitrogens is 2. The number of nitrogens with one attached hydrogen (secondary N) is 2. The smallest absolute Gasteiger partial charge is 0.305 e. The fourth-order valence-corrected chi connectivity index (χ4v) is 6.61. The molecule has 3 aromatic rings. The normalized spacial score (nSPS) is 12.8. The van der Waals surface area contributed by atoms with Crippen LogP contribution in [0.25, 0.3) is 44.4 Å². The molecule has 0 aromatic carbocycles. The molecule has 0 radical (unpaired) electrons. The Kier molecular flexibility index (Phi) is 10.3. The molecule has 10 heteroatoms. The molecule has 5 rings (SSSR count). The van der Waals surface area contributed by atoms with Gasteiger partial charge in [-0.3, -0.25) is 14.4 Å². The molecular weight excluding hydrogens is 608 g/mol. The standard InChI is InChI=1S/C38H44N4O6/c1-9-24-20(2)28-17-33-26(11-14-37(44)47-7)22(4)30(41-33)19-35-27(12-15-38(45)48-8)23(5)31(42-35)18-34-25(10-13-36(43)46-6)21(3)29(40-34)16-32(24)39-28/h16-19,39-40H,9-15H2,1-8H3. The number of esters is 3. The lowest BCUT2D eigenvalue weighted by molar-refractivity contribution is -0.141. The summed E-state index contributed by atoms with van der Waals surface area (Å²) in [5.41, 5.74) is 14.9. The van der Waals surface area contributed by atoms with Crippen LogP contribution in [-0.4, -0.2) is 59.2 Å². The van der Waals surface area contributed by atoms with E-state index in [1.54, 1.807) is 0 Å². The number of carbonyl (C=O) groups excluding carboxylic acids is 3. The molecular formula is C38H44N4O6. The summed E-state index contributed by atoms with van der Waals surface area (Å²) in [4.78, 5) is 54.1. The Morgan fingerprint density at radius 1 is 0.562 bits per heavy atom. The van der Waals surface area contributed by atoms with Crippen molar-refractivity contribution in [1.82, 2.24) is 19.9 Å². The van der Waals surface area contributed by atoms with Crippen molar-refractivity contribution < 1.29 is 28.6 Å². The number of hydrogen-bond acceptors (Lipinski definition) is 8. The van der Waals surface area contributed by atoms with Gasteiger partial charge in [0.15, 0.2) is 0 Å². The van der Waals surface area contributed by atoms with E-state index in [1.807, 2.05) is 26.0 Å². The molecule has 8 bridgehead atoms. The van der Waals surface area contributed by atoms with Crippen molar-refractivity contribution in [3.05, 3.63) is 69.3 Å². The van der Waals surface area contributed by atoms with Crippen molar-refractivity contribution in [2.24, 2.45) is 0 Å². The van der Waals surface area contributed by atoms with E-state index in [4.69, 9.17) is 24.2 Å². The molecule has 0 fully saturated rings. The summed E-state index contributed by atoms with van der Waals surface area (Å²) >= 11 is 0. The van der Waals surface area contributed by atoms with Crippen LogP contribution < -0.4 is 0 Å². The zero-order chi connectivity index (χ0) is 34.7. The Hall–Kier alpha value is -4.99. The lowest BCUT2D eigenvalue weighted by Crippen LogP contribution is -2.02. The predicted molar refractivity (Wildman–Crippen MR) is 188 cm³/mol. The first-order chi connectivity index (χ1) is 23.0. The summed E-state index contributed by atoms with van der Waals surface area (Å²) in [6, 6.07) is 8.18. The molecule has 5 heterocycles. The molecule has 10 nitrogen and oxygen atoms in total. The molecule has 0 saturated heterocycles. The van der Waals surface area contributed by atoms with Gasteiger partial charge in [-0.1, -0.05) is 6.92 Å². The number of carbonyl (C=O) groups is 3. The molecule has 252 valence electrons. The third-order valence-corrected chi connectivity index (χ3v) is 9.57. The van der Waals surface area contributed by atoms with Crippen LogP contribution in [-0.2, 0) is 41.4 Å². The number of hydrogen-bond donors (Lipinski definition) is 2. The van der Waals surface area contributed by atoms with E-state index < -0.39 is 0 Å². The second kappa shape index (κ2) is 14.4. The molecule has 0 unspecified atom stereocenters. The first kappa shape index (κ1) is 34.3. The minimum absolute atomic E-state index is 0.208. The SMILES string of the molecule is CCc1c(C)c2cc3nc(cc4nc(cc5[nH]c(cc1[nH]2)c(C)c5CCC(=O)OC)C(C)=C4CCC(=O)OC)C(C)=C3CCC(=O)OC. The average Bonchev–Trinajstić information content (AvgIpc) is 3.74. The topological polar surface area (TPSA) is 136 Å². The molecule has 0 saturated carbocycles. The molecule has 0 amide bonds. The van der Waals surface area contributed by atoms with Gasteiger partial charge < -0.3 is 24.2 Å². The van der Waals surface area contributed by atoms with Crippen LogP contribution in [0.1, 0.15) is 97.9 Å². The highest BCUT2D eigenvalue weighted by atomic mass is 16.5. The largest absolute Gasteiger partial charge is 0.469 e. The molecule has 0 atom stereocenters. The van der Waals surface area contributed by atoms with Gasteiger partial charge in [0.05, 0.1) is 44.1 Å². The molecule has 0 spiro atoms. The third kappa shape index (κ3) is 6.83. The van der Waals surface area contributed by atoms with E-state index in [0.29, 0.717) is 19.3 Å². The van der Waals surface area contributed by atoms with Crippen molar-refractivity contribution in [3.63, 3.8) is 0 Å². The van der Waals surface area contributed by atoms with Gasteiger partial charge in [0.25, 0.3) is 0 Å². The predicted octanol–water partition coefficient (Wildman–Crippen LogP) is 7.37. The Labute approximate surface area is 280 Å². The van der Waals surface area contributed by atoms with Crippen molar-refractivity contribution in [2.45, 2.75) is 79.6 Å². The van der Waals surface area contributed by atoms with Crippen molar-refractivity contribution in [3.8, 4) is 0 Å². The number of ether oxygens (including phenoxy) is 3. The summed E-state index contributed by atoms with van der Waals surface area (Å²) < 4.78 is 14.9. The zero-order valence-electron chi connectivity index (χ0n) is 29.1. The van der Waals surface area contributed by atoms with Gasteiger partial charge in [0, 0.05) is 41.3 Å². The van der Waals surface area contributed by atoms with Crippen LogP contribution in [0.15, 0.2) is 24.3 Å². The fourth-order valence-electron chi connectivity index (χ4n) is 6.61. The van der Waals surface area contributed by atoms with Gasteiger partial charge >= 0.3 is 17.9 Å². The highest BCUT2D eigenvalue weighted by molar-refractivity contribution is 5.96. The molecule has 48 heavy (non-hydrogen) atoms. The summed E-state index contributed by atoms with van der Waals surface area (Å²) in [6.07, 6.45) is 2.93. The summed E-state index contributed by atoms with van der Waals surface area (Å²) in [7, 11) is 4.19. The molecule has 2 aliphatic rings. The third-order valence-electron chi connectivity index (χ3n) is 9.57. The molecule has 2 aliphatic heterocycles. The van der Waals surface area contributed by atoms with E-state index in [0.717, 1.165) is 90.2 Å². The Bertz CT molecular complexity index is 2030. The summed E-state index contributed by atoms with van der Waals surface area (Å²) in [5.74, 6) is -0.852. The zero-order valence-corrected chi connectivity index (χ0v) is 29.1. The second-order valence-electron chi connectivity index (χ2n) is 12.2. The number of aryl methyl sites for hydroxylation is 4. The molecule has 3 aromatic heterocycles. The van der Waals surface area contributed by atoms with Crippen LogP contribution in [0.2, 0.25) is 0 Å². The number of aromatic nitrogens is 4. The first-order valence-electron chi connectivity index (χ1n) is 16.3. The lowest BCUT2D eigenvalue weighted by Gasteiger charge is -2.05. The highest BCUT2D eigenvalue weighted by Gasteiger charge is 2.23. The van der Waals surface area contributed by atoms with Crippen molar-refractivity contribution in [2.75, 3.05) is 21.3 Å². The minimum Gasteiger partial charge on any atom is -0.469 e. The summed E-state index contributed by atoms with van der Waals surface area (Å²) in [5, 5.41) is 0. The summed E-state index contributed by atoms with van der Waals surface area (Å²) in [6.45, 7) is 10.3. The van der Waals surface area contributed by atoms with E-state index in [2.05, 4.69) is 42.9 Å². The number of nitrogens with zero attached hydrogens (tertiary/aromatic N) is 2. The Balaban J connectivity index is 1.87. The average molecular weight is 653 g/mol. The minimum atomic E-state index is -0.299. The van der Waals surface area contributed by atoms with E-state index >= 15 is 0 Å². The quantitative estimate of drug-likeness (QED) is 0.171. The van der Waals surface area contributed by atoms with Crippen molar-refractivity contribution in [1.29, 1.82) is 0 Å². The first-order valence-corrected chi connectivity index (χ1v) is 16.3. The van der Waals surface area contributed by atoms with E-state index in [9.17, 15) is 14.4 Å². The Morgan fingerprint density at radius 2 is 0.979 bits per heavy atom. The van der Waals surface area contributed by atoms with Gasteiger partial charge in [-0.05, 0) is 122 Å². The van der Waals surface area contributed by atoms with Gasteiger partial charge in [-0.25, -0.2) is 9.97 Å². The van der Waals surface area contributed by atoms with Crippen molar-refractivity contribution >= 4 is 62.3 Å². The highest BCUT2D eigenvalue weighted by Crippen LogP contribution is 2.38. The fraction of sp³-hybridized carbons (Fsp3) is 0.395. The van der Waals surface area contributed by atoms with E-state index in [1.165, 1.54) is 26.9 Å². The number of aromatic amines is 2. The maximum atomic E-state index is 12.2. The van der Waals surface area contributed by atoms with Gasteiger partial charge in [0.1, 0.15) is 0 Å². The maximum absolute atomic E-state index is 12.2.